The number of hydrogen-bond donors (Lipinski definition) is 11. The van der Waals surface area contributed by atoms with Crippen LogP contribution in [0.3, 0.4) is 0 Å². The topological polar surface area (TPSA) is 348 Å². The Hall–Kier alpha value is -7.40. The fraction of sp³-hybridized carbons (Fsp3) is 0.603. The number of halogens is 1. The molecule has 1 saturated carbocycles. The maximum atomic E-state index is 14.7. The van der Waals surface area contributed by atoms with Gasteiger partial charge >= 0.3 is 17.7 Å². The van der Waals surface area contributed by atoms with Gasteiger partial charge in [0.15, 0.2) is 5.75 Å². The molecule has 25 nitrogen and oxygen atoms in total. The number of fused-ring (bicyclic) bond motifs is 2. The number of piperidine rings is 1. The highest BCUT2D eigenvalue weighted by molar-refractivity contribution is 6.21. The average molecular weight is 1380 g/mol. The number of aliphatic hydroxyl groups excluding tert-OH is 4. The molecule has 11 N–H and O–H groups in total. The number of ether oxygens (including phenoxy) is 4. The van der Waals surface area contributed by atoms with Crippen molar-refractivity contribution in [3.8, 4) is 17.2 Å². The van der Waals surface area contributed by atoms with Crippen LogP contribution in [-0.2, 0) is 23.8 Å². The molecule has 3 fully saturated rings. The van der Waals surface area contributed by atoms with Gasteiger partial charge in [-0.3, -0.25) is 24.2 Å². The van der Waals surface area contributed by atoms with E-state index in [-0.39, 0.29) is 92.0 Å². The zero-order valence-electron chi connectivity index (χ0n) is 59.5. The number of allylic oxidation sites excluding steroid dienone is 2. The lowest BCUT2D eigenvalue weighted by atomic mass is 9.78. The number of phenolic OH excluding ortho intramolecular Hbond substituents is 2. The molecular formula is C73H104FN9O16. The predicted octanol–water partition coefficient (Wildman–Crippen LogP) is 6.04. The lowest BCUT2D eigenvalue weighted by Crippen LogP contribution is -2.47. The molecule has 6 heterocycles. The molecule has 10 rings (SSSR count). The second-order valence-electron chi connectivity index (χ2n) is 27.8. The first kappa shape index (κ1) is 77.3. The lowest BCUT2D eigenvalue weighted by molar-refractivity contribution is -0.160. The number of aromatic nitrogens is 1. The van der Waals surface area contributed by atoms with Crippen molar-refractivity contribution in [1.82, 2.24) is 25.4 Å². The number of methoxy groups -OCH3 is 1. The minimum atomic E-state index is -1.95. The van der Waals surface area contributed by atoms with Gasteiger partial charge < -0.3 is 90.3 Å². The number of carboxylic acid groups (broad SMARTS) is 1. The number of carbonyl (C=O) groups is 4. The molecule has 1 spiro atoms. The number of likely N-dealkylation sites (tertiary alicyclic amines) is 1. The molecule has 1 aliphatic carbocycles. The summed E-state index contributed by atoms with van der Waals surface area (Å²) in [6, 6.07) is 3.48. The number of aliphatic hydroxyl groups is 4. The van der Waals surface area contributed by atoms with Crippen molar-refractivity contribution in [1.29, 1.82) is 0 Å². The summed E-state index contributed by atoms with van der Waals surface area (Å²) in [5, 5.41) is 87.4. The first-order valence-corrected chi connectivity index (χ1v) is 34.8. The highest BCUT2D eigenvalue weighted by Crippen LogP contribution is 2.51. The predicted molar refractivity (Wildman–Crippen MR) is 375 cm³/mol. The number of carbonyl (C=O) groups excluding carboxylic acids is 3. The fourth-order valence-electron chi connectivity index (χ4n) is 13.8. The monoisotopic (exact) mass is 1380 g/mol. The Kier molecular flexibility index (Phi) is 26.1. The van der Waals surface area contributed by atoms with Crippen molar-refractivity contribution in [2.24, 2.45) is 39.6 Å². The average Bonchev–Trinajstić information content (AvgIpc) is 1.57. The van der Waals surface area contributed by atoms with Crippen LogP contribution < -0.4 is 47.0 Å². The van der Waals surface area contributed by atoms with Crippen LogP contribution in [-0.4, -0.2) is 196 Å². The number of carboxylic acids is 1. The van der Waals surface area contributed by atoms with Crippen molar-refractivity contribution < 1.29 is 78.3 Å². The molecule has 0 unspecified atom stereocenters. The molecule has 4 bridgehead atoms. The summed E-state index contributed by atoms with van der Waals surface area (Å²) in [5.74, 6) is -8.32. The number of ketones is 1. The van der Waals surface area contributed by atoms with Crippen LogP contribution >= 0.6 is 0 Å². The van der Waals surface area contributed by atoms with Crippen LogP contribution in [0, 0.1) is 42.3 Å². The number of amides is 1. The van der Waals surface area contributed by atoms with Gasteiger partial charge in [-0.15, -0.1) is 0 Å². The van der Waals surface area contributed by atoms with E-state index >= 15 is 0 Å². The maximum absolute atomic E-state index is 14.7. The quantitative estimate of drug-likeness (QED) is 0.0346. The number of phenols is 2. The van der Waals surface area contributed by atoms with E-state index in [1.54, 1.807) is 71.9 Å². The Morgan fingerprint density at radius 3 is 2.07 bits per heavy atom. The van der Waals surface area contributed by atoms with E-state index in [2.05, 4.69) is 45.0 Å². The van der Waals surface area contributed by atoms with Gasteiger partial charge in [0.25, 0.3) is 11.7 Å². The molecular weight excluding hydrogens is 1280 g/mol. The smallest absolute Gasteiger partial charge is 0.341 e. The zero-order valence-corrected chi connectivity index (χ0v) is 59.5. The van der Waals surface area contributed by atoms with Crippen LogP contribution in [0.1, 0.15) is 147 Å². The Morgan fingerprint density at radius 2 is 1.51 bits per heavy atom. The van der Waals surface area contributed by atoms with Crippen LogP contribution in [0.4, 0.5) is 15.8 Å². The zero-order chi connectivity index (χ0) is 72.5. The number of anilines is 2. The number of nitrogens with zero attached hydrogens (tertiary/aromatic N) is 5. The summed E-state index contributed by atoms with van der Waals surface area (Å²) in [5.41, 5.74) is 0.0482. The molecule has 1 amide bonds. The number of pyridine rings is 1. The third kappa shape index (κ3) is 17.3. The Balaban J connectivity index is 0.000000265. The number of hydrogen-bond acceptors (Lipinski definition) is 22. The molecule has 6 aliphatic rings. The summed E-state index contributed by atoms with van der Waals surface area (Å²) in [6.45, 7) is 28.6. The SMILES string of the molecule is CC[C@@H](CO)NCCN[C@@H](CC)CO.CO[C@H]1/C=C/O[C@@]2(C)Oc3c(C)c(O)c4c(O)c(c5c(c4c3C2=O)NC2(CCN(CC(C)C)CC2)N=5)=NC(=O)/C(C)=C\C=C\[C@H](C)[C@H](O)[C@@H](C)[C@@H](O)[C@@H](C)[C@H](OC(C)=O)[C@@H]1C.O=C(O)c1cn(C2CC2)c2cc(N3CCNCC3)c(F)cc2c1=O. The molecule has 544 valence electrons. The Bertz CT molecular complexity index is 3860. The van der Waals surface area contributed by atoms with Crippen LogP contribution in [0.5, 0.6) is 17.2 Å². The van der Waals surface area contributed by atoms with Gasteiger partial charge in [-0.2, -0.15) is 0 Å². The highest BCUT2D eigenvalue weighted by atomic mass is 19.1. The normalized spacial score (nSPS) is 26.7. The number of piperazine rings is 1. The standard InChI is InChI=1S/C46H62N4O11.C17H18FN3O3.C10H24N2O2/c1-22(2)21-50-18-16-46(17-19-50)48-34-31-32-39(54)28(8)42-33(31)43(56)45(10,61-42)59-20-15-30(58-11)25(5)41(60-29(9)51)27(7)38(53)26(6)37(52)23(3)13-12-14-24(4)44(57)47-36(40(32)55)35(34)49-46;18-13-7-11-14(8-15(13)20-5-3-19-4-6-20)21(10-1-2-10)9-12(16(11)22)17(23)24;1-3-9(7-13)11-5-6-12-10(4-2)8-14/h12-15,20,22-23,25-27,30,37-38,41,48,52-55H,16-19,21H2,1-11H3;7-10,19H,1-6H2,(H,23,24);9-14H,3-8H2,1-2H3/b13-12+,20-15+,24-14-,47-36?;;/t23-,25+,26+,27+,30-,37-,38+,41+,45-;;9-,10-/m0.0/s1. The van der Waals surface area contributed by atoms with Crippen molar-refractivity contribution in [2.75, 3.05) is 89.4 Å². The van der Waals surface area contributed by atoms with Crippen molar-refractivity contribution >= 4 is 56.7 Å². The molecule has 11 atom stereocenters. The van der Waals surface area contributed by atoms with E-state index in [1.165, 1.54) is 39.5 Å². The first-order chi connectivity index (χ1) is 47.0. The molecule has 5 aliphatic heterocycles. The highest BCUT2D eigenvalue weighted by Gasteiger charge is 2.51. The molecule has 1 aromatic heterocycles. The molecule has 26 heteroatoms. The summed E-state index contributed by atoms with van der Waals surface area (Å²) in [7, 11) is 1.47. The molecule has 99 heavy (non-hydrogen) atoms. The number of rotatable bonds is 16. The summed E-state index contributed by atoms with van der Waals surface area (Å²) in [6.07, 6.45) is 10.2. The molecule has 0 radical (unpaired) electrons. The van der Waals surface area contributed by atoms with Gasteiger partial charge in [-0.25, -0.2) is 14.2 Å². The van der Waals surface area contributed by atoms with E-state index in [0.717, 1.165) is 71.5 Å². The number of Topliss-reactive ketones (excluding diaryl/α,β-unsaturated/α-hetero) is 1. The number of nitrogens with one attached hydrogen (secondary N) is 4. The van der Waals surface area contributed by atoms with E-state index in [4.69, 9.17) is 34.2 Å². The van der Waals surface area contributed by atoms with Gasteiger partial charge in [-0.05, 0) is 63.7 Å². The van der Waals surface area contributed by atoms with E-state index < -0.39 is 100 Å². The molecule has 2 saturated heterocycles. The fourth-order valence-corrected chi connectivity index (χ4v) is 13.8. The Morgan fingerprint density at radius 1 is 0.869 bits per heavy atom. The minimum absolute atomic E-state index is 0.0538. The summed E-state index contributed by atoms with van der Waals surface area (Å²) < 4.78 is 40.4. The summed E-state index contributed by atoms with van der Waals surface area (Å²) >= 11 is 0. The second kappa shape index (κ2) is 33.4. The van der Waals surface area contributed by atoms with Crippen molar-refractivity contribution in [3.05, 3.63) is 97.9 Å². The van der Waals surface area contributed by atoms with E-state index in [9.17, 15) is 53.9 Å². The molecule has 3 aromatic carbocycles. The number of esters is 1. The third-order valence-electron chi connectivity index (χ3n) is 20.1. The minimum Gasteiger partial charge on any atom is -0.507 e. The van der Waals surface area contributed by atoms with Crippen molar-refractivity contribution in [3.63, 3.8) is 0 Å². The number of benzene rings is 3. The Labute approximate surface area is 577 Å². The number of aromatic carboxylic acids is 1. The van der Waals surface area contributed by atoms with Gasteiger partial charge in [0.1, 0.15) is 45.4 Å². The van der Waals surface area contributed by atoms with E-state index in [1.807, 2.05) is 23.3 Å². The van der Waals surface area contributed by atoms with E-state index in [0.29, 0.717) is 48.7 Å². The third-order valence-corrected chi connectivity index (χ3v) is 20.1. The lowest BCUT2D eigenvalue weighted by Gasteiger charge is -2.38. The largest absolute Gasteiger partial charge is 0.507 e. The van der Waals surface area contributed by atoms with Crippen LogP contribution in [0.2, 0.25) is 0 Å². The van der Waals surface area contributed by atoms with Crippen molar-refractivity contribution in [2.45, 2.75) is 176 Å². The van der Waals surface area contributed by atoms with Gasteiger partial charge in [0.2, 0.25) is 5.43 Å². The molecule has 4 aromatic rings. The van der Waals surface area contributed by atoms with Gasteiger partial charge in [0, 0.05) is 163 Å². The van der Waals surface area contributed by atoms with Crippen LogP contribution in [0.15, 0.2) is 69.2 Å². The van der Waals surface area contributed by atoms with Gasteiger partial charge in [-0.1, -0.05) is 73.6 Å². The van der Waals surface area contributed by atoms with Gasteiger partial charge in [0.05, 0.1) is 65.6 Å². The van der Waals surface area contributed by atoms with Crippen LogP contribution in [0.25, 0.3) is 21.7 Å². The maximum Gasteiger partial charge on any atom is 0.341 e. The first-order valence-electron chi connectivity index (χ1n) is 34.8. The second-order valence-corrected chi connectivity index (χ2v) is 27.8. The summed E-state index contributed by atoms with van der Waals surface area (Å²) in [4.78, 5) is 78.6. The number of aromatic hydroxyl groups is 2.